The summed E-state index contributed by atoms with van der Waals surface area (Å²) in [5.74, 6) is -1.67. The van der Waals surface area contributed by atoms with Gasteiger partial charge >= 0.3 is 11.9 Å². The zero-order valence-corrected chi connectivity index (χ0v) is 12.6. The van der Waals surface area contributed by atoms with Gasteiger partial charge in [-0.25, -0.2) is 4.79 Å². The minimum Gasteiger partial charge on any atom is -0.480 e. The largest absolute Gasteiger partial charge is 0.480 e. The van der Waals surface area contributed by atoms with Crippen LogP contribution in [0.5, 0.6) is 0 Å². The van der Waals surface area contributed by atoms with Crippen LogP contribution < -0.4 is 5.73 Å². The van der Waals surface area contributed by atoms with Crippen LogP contribution in [0, 0.1) is 0 Å². The summed E-state index contributed by atoms with van der Waals surface area (Å²) in [6, 6.07) is 9.23. The molecule has 0 bridgehead atoms. The van der Waals surface area contributed by atoms with Crippen molar-refractivity contribution < 1.29 is 19.4 Å². The SMILES string of the molecule is NC1=C(C(=O)OCc2ccccc2)N(CC(=O)O)CC=CS1. The third kappa shape index (κ3) is 4.29. The van der Waals surface area contributed by atoms with Crippen molar-refractivity contribution in [3.8, 4) is 0 Å². The highest BCUT2D eigenvalue weighted by atomic mass is 32.2. The number of carbonyl (C=O) groups is 2. The minimum absolute atomic E-state index is 0.0910. The number of hydrogen-bond acceptors (Lipinski definition) is 6. The van der Waals surface area contributed by atoms with Crippen LogP contribution in [0.15, 0.2) is 52.5 Å². The Kier molecular flexibility index (Phi) is 5.48. The van der Waals surface area contributed by atoms with E-state index in [1.54, 1.807) is 11.5 Å². The summed E-state index contributed by atoms with van der Waals surface area (Å²) in [5, 5.41) is 10.9. The highest BCUT2D eigenvalue weighted by Gasteiger charge is 2.25. The Morgan fingerprint density at radius 1 is 1.32 bits per heavy atom. The number of nitrogens with two attached hydrogens (primary N) is 1. The molecule has 0 aliphatic carbocycles. The summed E-state index contributed by atoms with van der Waals surface area (Å²) in [4.78, 5) is 24.6. The number of hydrogen-bond donors (Lipinski definition) is 2. The maximum Gasteiger partial charge on any atom is 0.357 e. The Hall–Kier alpha value is -2.41. The Bertz CT molecular complexity index is 613. The lowest BCUT2D eigenvalue weighted by Gasteiger charge is -2.23. The number of benzene rings is 1. The molecule has 1 aromatic rings. The van der Waals surface area contributed by atoms with Crippen molar-refractivity contribution in [3.63, 3.8) is 0 Å². The third-order valence-corrected chi connectivity index (χ3v) is 3.67. The molecule has 0 amide bonds. The first kappa shape index (κ1) is 16.0. The molecule has 116 valence electrons. The van der Waals surface area contributed by atoms with E-state index in [4.69, 9.17) is 15.6 Å². The quantitative estimate of drug-likeness (QED) is 0.794. The van der Waals surface area contributed by atoms with E-state index in [0.29, 0.717) is 0 Å². The average Bonchev–Trinajstić information content (AvgIpc) is 2.67. The van der Waals surface area contributed by atoms with E-state index in [0.717, 1.165) is 5.56 Å². The van der Waals surface area contributed by atoms with E-state index >= 15 is 0 Å². The summed E-state index contributed by atoms with van der Waals surface area (Å²) in [6.07, 6.45) is 1.75. The van der Waals surface area contributed by atoms with Gasteiger partial charge in [0.2, 0.25) is 0 Å². The second kappa shape index (κ2) is 7.56. The molecule has 2 rings (SSSR count). The number of thioether (sulfide) groups is 1. The molecule has 7 heteroatoms. The van der Waals surface area contributed by atoms with Crippen molar-refractivity contribution in [1.29, 1.82) is 0 Å². The van der Waals surface area contributed by atoms with E-state index in [-0.39, 0.29) is 30.4 Å². The van der Waals surface area contributed by atoms with E-state index in [1.165, 1.54) is 16.7 Å². The smallest absolute Gasteiger partial charge is 0.357 e. The number of carbonyl (C=O) groups excluding carboxylic acids is 1. The Morgan fingerprint density at radius 2 is 2.05 bits per heavy atom. The van der Waals surface area contributed by atoms with Gasteiger partial charge < -0.3 is 20.5 Å². The van der Waals surface area contributed by atoms with Crippen LogP contribution in [0.3, 0.4) is 0 Å². The fourth-order valence-electron chi connectivity index (χ4n) is 1.92. The summed E-state index contributed by atoms with van der Waals surface area (Å²) in [7, 11) is 0. The molecule has 0 atom stereocenters. The number of nitrogens with zero attached hydrogens (tertiary/aromatic N) is 1. The average molecular weight is 320 g/mol. The van der Waals surface area contributed by atoms with Gasteiger partial charge in [-0.3, -0.25) is 4.79 Å². The fraction of sp³-hybridized carbons (Fsp3) is 0.200. The van der Waals surface area contributed by atoms with Gasteiger partial charge in [0.25, 0.3) is 0 Å². The van der Waals surface area contributed by atoms with Crippen LogP contribution in [-0.2, 0) is 20.9 Å². The second-order valence-electron chi connectivity index (χ2n) is 4.54. The first-order chi connectivity index (χ1) is 10.6. The van der Waals surface area contributed by atoms with Crippen LogP contribution in [-0.4, -0.2) is 35.0 Å². The van der Waals surface area contributed by atoms with Gasteiger partial charge in [0.1, 0.15) is 18.2 Å². The summed E-state index contributed by atoms with van der Waals surface area (Å²) < 4.78 is 5.25. The van der Waals surface area contributed by atoms with Gasteiger partial charge in [0.15, 0.2) is 5.70 Å². The van der Waals surface area contributed by atoms with Crippen molar-refractivity contribution in [3.05, 3.63) is 58.1 Å². The van der Waals surface area contributed by atoms with Gasteiger partial charge in [0.05, 0.1) is 0 Å². The molecule has 0 aromatic heterocycles. The van der Waals surface area contributed by atoms with E-state index < -0.39 is 11.9 Å². The van der Waals surface area contributed by atoms with Crippen LogP contribution in [0.25, 0.3) is 0 Å². The standard InChI is InChI=1S/C15H16N2O4S/c16-14-13(17(9-12(18)19)7-4-8-22-14)15(20)21-10-11-5-2-1-3-6-11/h1-6,8H,7,9-10,16H2,(H,18,19). The Morgan fingerprint density at radius 3 is 2.73 bits per heavy atom. The monoisotopic (exact) mass is 320 g/mol. The highest BCUT2D eigenvalue weighted by Crippen LogP contribution is 2.23. The highest BCUT2D eigenvalue weighted by molar-refractivity contribution is 8.05. The first-order valence-electron chi connectivity index (χ1n) is 6.57. The Balaban J connectivity index is 2.11. The van der Waals surface area contributed by atoms with Crippen LogP contribution >= 0.6 is 11.8 Å². The molecular weight excluding hydrogens is 304 g/mol. The minimum atomic E-state index is -1.04. The number of carboxylic acid groups (broad SMARTS) is 1. The summed E-state index contributed by atoms with van der Waals surface area (Å²) in [6.45, 7) is 0.0760. The maximum absolute atomic E-state index is 12.3. The molecule has 0 saturated heterocycles. The normalized spacial score (nSPS) is 14.6. The lowest BCUT2D eigenvalue weighted by molar-refractivity contribution is -0.143. The lowest BCUT2D eigenvalue weighted by Crippen LogP contribution is -2.34. The van der Waals surface area contributed by atoms with Gasteiger partial charge in [-0.2, -0.15) is 0 Å². The number of esters is 1. The lowest BCUT2D eigenvalue weighted by atomic mass is 10.2. The van der Waals surface area contributed by atoms with Crippen LogP contribution in [0.1, 0.15) is 5.56 Å². The van der Waals surface area contributed by atoms with Crippen molar-refractivity contribution >= 4 is 23.7 Å². The molecule has 3 N–H and O–H groups in total. The van der Waals surface area contributed by atoms with Crippen LogP contribution in [0.4, 0.5) is 0 Å². The number of rotatable bonds is 5. The summed E-state index contributed by atoms with van der Waals surface area (Å²) in [5.41, 5.74) is 6.81. The number of carboxylic acids is 1. The molecule has 0 radical (unpaired) electrons. The molecule has 6 nitrogen and oxygen atoms in total. The zero-order chi connectivity index (χ0) is 15.9. The number of aliphatic carboxylic acids is 1. The van der Waals surface area contributed by atoms with Gasteiger partial charge in [0, 0.05) is 6.54 Å². The predicted octanol–water partition coefficient (Wildman–Crippen LogP) is 1.50. The fourth-order valence-corrected chi connectivity index (χ4v) is 2.58. The maximum atomic E-state index is 12.3. The van der Waals surface area contributed by atoms with Crippen molar-refractivity contribution in [2.75, 3.05) is 13.1 Å². The molecule has 0 unspecified atom stereocenters. The van der Waals surface area contributed by atoms with Gasteiger partial charge in [-0.15, -0.1) is 0 Å². The molecule has 1 aromatic carbocycles. The summed E-state index contributed by atoms with van der Waals surface area (Å²) >= 11 is 1.17. The molecule has 22 heavy (non-hydrogen) atoms. The molecule has 0 saturated carbocycles. The topological polar surface area (TPSA) is 92.9 Å². The molecule has 0 fully saturated rings. The van der Waals surface area contributed by atoms with Crippen molar-refractivity contribution in [2.45, 2.75) is 6.61 Å². The molecule has 1 aliphatic heterocycles. The van der Waals surface area contributed by atoms with E-state index in [1.807, 2.05) is 30.3 Å². The van der Waals surface area contributed by atoms with E-state index in [9.17, 15) is 9.59 Å². The molecule has 0 spiro atoms. The number of ether oxygens (including phenoxy) is 1. The predicted molar refractivity (Wildman–Crippen MR) is 83.4 cm³/mol. The van der Waals surface area contributed by atoms with Crippen LogP contribution in [0.2, 0.25) is 0 Å². The zero-order valence-electron chi connectivity index (χ0n) is 11.8. The van der Waals surface area contributed by atoms with Crippen molar-refractivity contribution in [1.82, 2.24) is 4.90 Å². The molecular formula is C15H16N2O4S. The molecule has 1 aliphatic rings. The Labute approximate surface area is 132 Å². The van der Waals surface area contributed by atoms with Gasteiger partial charge in [-0.1, -0.05) is 48.2 Å². The molecule has 1 heterocycles. The third-order valence-electron chi connectivity index (χ3n) is 2.90. The second-order valence-corrected chi connectivity index (χ2v) is 5.49. The van der Waals surface area contributed by atoms with Gasteiger partial charge in [-0.05, 0) is 11.0 Å². The van der Waals surface area contributed by atoms with E-state index in [2.05, 4.69) is 0 Å². The first-order valence-corrected chi connectivity index (χ1v) is 7.45. The van der Waals surface area contributed by atoms with Crippen molar-refractivity contribution in [2.24, 2.45) is 5.73 Å².